The van der Waals surface area contributed by atoms with Gasteiger partial charge in [0.15, 0.2) is 0 Å². The van der Waals surface area contributed by atoms with Crippen LogP contribution in [0.1, 0.15) is 29.4 Å². The number of carbonyl (C=O) groups is 1. The van der Waals surface area contributed by atoms with Crippen molar-refractivity contribution in [1.82, 2.24) is 4.57 Å². The summed E-state index contributed by atoms with van der Waals surface area (Å²) in [6, 6.07) is 7.99. The second kappa shape index (κ2) is 6.23. The molecule has 0 radical (unpaired) electrons. The van der Waals surface area contributed by atoms with Crippen LogP contribution in [-0.4, -0.2) is 15.6 Å². The fourth-order valence-corrected chi connectivity index (χ4v) is 2.06. The number of benzene rings is 1. The molecule has 0 fully saturated rings. The van der Waals surface area contributed by atoms with Gasteiger partial charge in [-0.2, -0.15) is 0 Å². The summed E-state index contributed by atoms with van der Waals surface area (Å²) < 4.78 is 15.4. The highest BCUT2D eigenvalue weighted by molar-refractivity contribution is 5.89. The minimum atomic E-state index is -1.26. The Kier molecular flexibility index (Phi) is 4.40. The number of carboxylic acids is 1. The molecule has 106 valence electrons. The largest absolute Gasteiger partial charge is 0.478 e. The van der Waals surface area contributed by atoms with Crippen molar-refractivity contribution in [3.8, 4) is 0 Å². The molecule has 0 aliphatic rings. The van der Waals surface area contributed by atoms with E-state index >= 15 is 0 Å². The van der Waals surface area contributed by atoms with Crippen molar-refractivity contribution in [2.45, 2.75) is 26.4 Å². The molecule has 0 spiro atoms. The van der Waals surface area contributed by atoms with Gasteiger partial charge in [-0.3, -0.25) is 0 Å². The summed E-state index contributed by atoms with van der Waals surface area (Å²) in [5.41, 5.74) is 1.38. The molecular weight excluding hydrogens is 259 g/mol. The quantitative estimate of drug-likeness (QED) is 0.850. The molecule has 1 aromatic carbocycles. The minimum Gasteiger partial charge on any atom is -0.478 e. The van der Waals surface area contributed by atoms with Gasteiger partial charge in [0.1, 0.15) is 5.82 Å². The molecule has 2 aromatic rings. The molecule has 2 N–H and O–H groups in total. The zero-order valence-electron chi connectivity index (χ0n) is 11.3. The van der Waals surface area contributed by atoms with Crippen molar-refractivity contribution in [2.75, 3.05) is 5.32 Å². The Hall–Kier alpha value is -2.30. The standard InChI is InChI=1S/C15H17FN2O2/c1-2-7-18-8-3-4-12(18)10-17-11-5-6-14(16)13(9-11)15(19)20/h3-6,8-9,17H,2,7,10H2,1H3,(H,19,20). The van der Waals surface area contributed by atoms with Crippen LogP contribution in [0.25, 0.3) is 0 Å². The van der Waals surface area contributed by atoms with Crippen LogP contribution in [0.4, 0.5) is 10.1 Å². The molecule has 0 saturated heterocycles. The SMILES string of the molecule is CCCn1cccc1CNc1ccc(F)c(C(=O)O)c1. The van der Waals surface area contributed by atoms with E-state index in [1.165, 1.54) is 12.1 Å². The van der Waals surface area contributed by atoms with E-state index < -0.39 is 11.8 Å². The minimum absolute atomic E-state index is 0.320. The van der Waals surface area contributed by atoms with E-state index in [0.29, 0.717) is 12.2 Å². The number of halogens is 1. The summed E-state index contributed by atoms with van der Waals surface area (Å²) in [5, 5.41) is 12.0. The number of nitrogens with one attached hydrogen (secondary N) is 1. The van der Waals surface area contributed by atoms with Crippen molar-refractivity contribution in [3.05, 3.63) is 53.6 Å². The lowest BCUT2D eigenvalue weighted by Crippen LogP contribution is -2.08. The Bertz CT molecular complexity index is 608. The van der Waals surface area contributed by atoms with Crippen LogP contribution in [0.2, 0.25) is 0 Å². The summed E-state index contributed by atoms with van der Waals surface area (Å²) in [5.74, 6) is -1.99. The number of hydrogen-bond acceptors (Lipinski definition) is 2. The number of anilines is 1. The third kappa shape index (κ3) is 3.17. The maximum absolute atomic E-state index is 13.3. The molecule has 5 heteroatoms. The molecule has 0 saturated carbocycles. The van der Waals surface area contributed by atoms with Gasteiger partial charge in [-0.15, -0.1) is 0 Å². The fourth-order valence-electron chi connectivity index (χ4n) is 2.06. The van der Waals surface area contributed by atoms with Gasteiger partial charge < -0.3 is 15.0 Å². The van der Waals surface area contributed by atoms with Crippen molar-refractivity contribution < 1.29 is 14.3 Å². The number of carboxylic acid groups (broad SMARTS) is 1. The highest BCUT2D eigenvalue weighted by Gasteiger charge is 2.10. The number of nitrogens with zero attached hydrogens (tertiary/aromatic N) is 1. The van der Waals surface area contributed by atoms with Crippen LogP contribution < -0.4 is 5.32 Å². The smallest absolute Gasteiger partial charge is 0.338 e. The maximum Gasteiger partial charge on any atom is 0.338 e. The van der Waals surface area contributed by atoms with Gasteiger partial charge in [0.2, 0.25) is 0 Å². The topological polar surface area (TPSA) is 54.3 Å². The van der Waals surface area contributed by atoms with Gasteiger partial charge in [-0.05, 0) is 36.8 Å². The summed E-state index contributed by atoms with van der Waals surface area (Å²) in [4.78, 5) is 10.9. The van der Waals surface area contributed by atoms with Crippen molar-refractivity contribution in [2.24, 2.45) is 0 Å². The molecule has 0 aliphatic heterocycles. The van der Waals surface area contributed by atoms with Crippen LogP contribution in [0.15, 0.2) is 36.5 Å². The molecule has 1 aromatic heterocycles. The van der Waals surface area contributed by atoms with E-state index in [9.17, 15) is 9.18 Å². The van der Waals surface area contributed by atoms with E-state index in [1.54, 1.807) is 0 Å². The van der Waals surface area contributed by atoms with Crippen molar-refractivity contribution in [1.29, 1.82) is 0 Å². The van der Waals surface area contributed by atoms with E-state index in [1.807, 2.05) is 18.3 Å². The average molecular weight is 276 g/mol. The Labute approximate surface area is 116 Å². The molecule has 2 rings (SSSR count). The number of rotatable bonds is 6. The summed E-state index contributed by atoms with van der Waals surface area (Å²) in [7, 11) is 0. The van der Waals surface area contributed by atoms with Gasteiger partial charge in [0.25, 0.3) is 0 Å². The van der Waals surface area contributed by atoms with Gasteiger partial charge in [0, 0.05) is 24.1 Å². The Morgan fingerprint density at radius 3 is 2.90 bits per heavy atom. The monoisotopic (exact) mass is 276 g/mol. The fraction of sp³-hybridized carbons (Fsp3) is 0.267. The zero-order valence-corrected chi connectivity index (χ0v) is 11.3. The Morgan fingerprint density at radius 2 is 2.20 bits per heavy atom. The maximum atomic E-state index is 13.3. The third-order valence-electron chi connectivity index (χ3n) is 3.06. The number of hydrogen-bond donors (Lipinski definition) is 2. The highest BCUT2D eigenvalue weighted by Crippen LogP contribution is 2.16. The number of aromatic carboxylic acids is 1. The third-order valence-corrected chi connectivity index (χ3v) is 3.06. The molecule has 0 unspecified atom stereocenters. The van der Waals surface area contributed by atoms with E-state index in [0.717, 1.165) is 24.7 Å². The van der Waals surface area contributed by atoms with Crippen LogP contribution in [0.3, 0.4) is 0 Å². The molecule has 0 amide bonds. The van der Waals surface area contributed by atoms with Crippen LogP contribution >= 0.6 is 0 Å². The summed E-state index contributed by atoms with van der Waals surface area (Å²) in [6.07, 6.45) is 3.05. The lowest BCUT2D eigenvalue weighted by atomic mass is 10.2. The Morgan fingerprint density at radius 1 is 1.40 bits per heavy atom. The summed E-state index contributed by atoms with van der Waals surface area (Å²) in [6.45, 7) is 3.61. The van der Waals surface area contributed by atoms with E-state index in [-0.39, 0.29) is 5.56 Å². The van der Waals surface area contributed by atoms with Gasteiger partial charge >= 0.3 is 5.97 Å². The average Bonchev–Trinajstić information content (AvgIpc) is 2.85. The van der Waals surface area contributed by atoms with E-state index in [2.05, 4.69) is 16.8 Å². The number of aromatic nitrogens is 1. The first-order valence-corrected chi connectivity index (χ1v) is 6.52. The van der Waals surface area contributed by atoms with Crippen LogP contribution in [0.5, 0.6) is 0 Å². The first-order valence-electron chi connectivity index (χ1n) is 6.52. The first-order chi connectivity index (χ1) is 9.61. The highest BCUT2D eigenvalue weighted by atomic mass is 19.1. The van der Waals surface area contributed by atoms with E-state index in [4.69, 9.17) is 5.11 Å². The molecule has 0 aliphatic carbocycles. The predicted octanol–water partition coefficient (Wildman–Crippen LogP) is 3.35. The molecule has 20 heavy (non-hydrogen) atoms. The summed E-state index contributed by atoms with van der Waals surface area (Å²) >= 11 is 0. The van der Waals surface area contributed by atoms with Gasteiger partial charge in [-0.1, -0.05) is 6.92 Å². The second-order valence-electron chi connectivity index (χ2n) is 4.55. The molecular formula is C15H17FN2O2. The van der Waals surface area contributed by atoms with Crippen LogP contribution in [0, 0.1) is 5.82 Å². The van der Waals surface area contributed by atoms with Gasteiger partial charge in [0.05, 0.1) is 12.1 Å². The van der Waals surface area contributed by atoms with Crippen LogP contribution in [-0.2, 0) is 13.1 Å². The molecule has 0 atom stereocenters. The second-order valence-corrected chi connectivity index (χ2v) is 4.55. The van der Waals surface area contributed by atoms with Gasteiger partial charge in [-0.25, -0.2) is 9.18 Å². The Balaban J connectivity index is 2.09. The normalized spacial score (nSPS) is 10.5. The van der Waals surface area contributed by atoms with Crippen molar-refractivity contribution in [3.63, 3.8) is 0 Å². The van der Waals surface area contributed by atoms with Crippen molar-refractivity contribution >= 4 is 11.7 Å². The zero-order chi connectivity index (χ0) is 14.5. The molecule has 4 nitrogen and oxygen atoms in total. The predicted molar refractivity (Wildman–Crippen MR) is 75.4 cm³/mol. The lowest BCUT2D eigenvalue weighted by Gasteiger charge is -2.11. The molecule has 1 heterocycles. The first kappa shape index (κ1) is 14.1. The number of aryl methyl sites for hydroxylation is 1. The lowest BCUT2D eigenvalue weighted by molar-refractivity contribution is 0.0692. The molecule has 0 bridgehead atoms.